The quantitative estimate of drug-likeness (QED) is 0.648. The minimum Gasteiger partial charge on any atom is -0.494 e. The van der Waals surface area contributed by atoms with Crippen LogP contribution in [-0.2, 0) is 5.75 Å². The van der Waals surface area contributed by atoms with Crippen LogP contribution >= 0.6 is 11.8 Å². The summed E-state index contributed by atoms with van der Waals surface area (Å²) >= 11 is 1.57. The molecule has 22 heavy (non-hydrogen) atoms. The van der Waals surface area contributed by atoms with Gasteiger partial charge in [0, 0.05) is 5.56 Å². The molecule has 0 aliphatic rings. The zero-order chi connectivity index (χ0) is 15.9. The van der Waals surface area contributed by atoms with Gasteiger partial charge in [-0.15, -0.1) is 11.8 Å². The molecule has 0 aliphatic carbocycles. The highest BCUT2D eigenvalue weighted by Gasteiger charge is 2.15. The van der Waals surface area contributed by atoms with Crippen LogP contribution in [0, 0.1) is 0 Å². The van der Waals surface area contributed by atoms with E-state index < -0.39 is 0 Å². The Hall–Kier alpha value is -1.68. The van der Waals surface area contributed by atoms with Gasteiger partial charge in [0.2, 0.25) is 0 Å². The average Bonchev–Trinajstić information content (AvgIpc) is 3.00. The molecule has 2 rings (SSSR count). The second-order valence-electron chi connectivity index (χ2n) is 5.33. The van der Waals surface area contributed by atoms with Crippen molar-refractivity contribution in [1.29, 1.82) is 0 Å². The molecule has 0 N–H and O–H groups in total. The number of ether oxygens (including phenoxy) is 1. The highest BCUT2D eigenvalue weighted by molar-refractivity contribution is 7.99. The van der Waals surface area contributed by atoms with Gasteiger partial charge < -0.3 is 9.15 Å². The first kappa shape index (κ1) is 16.7. The maximum absolute atomic E-state index is 12.5. The first-order chi connectivity index (χ1) is 10.6. The van der Waals surface area contributed by atoms with E-state index in [1.807, 2.05) is 37.3 Å². The Morgan fingerprint density at radius 1 is 1.32 bits per heavy atom. The molecule has 1 aromatic carbocycles. The first-order valence-corrected chi connectivity index (χ1v) is 8.67. The fraction of sp³-hybridized carbons (Fsp3) is 0.389. The molecule has 0 atom stereocenters. The van der Waals surface area contributed by atoms with E-state index >= 15 is 0 Å². The third-order valence-electron chi connectivity index (χ3n) is 3.31. The smallest absolute Gasteiger partial charge is 0.173 e. The van der Waals surface area contributed by atoms with Crippen molar-refractivity contribution in [2.75, 3.05) is 12.4 Å². The lowest BCUT2D eigenvalue weighted by molar-refractivity contribution is 0.102. The van der Waals surface area contributed by atoms with Crippen LogP contribution in [0.15, 0.2) is 41.0 Å². The fourth-order valence-corrected chi connectivity index (χ4v) is 3.05. The highest BCUT2D eigenvalue weighted by atomic mass is 32.2. The summed E-state index contributed by atoms with van der Waals surface area (Å²) in [4.78, 5) is 12.5. The summed E-state index contributed by atoms with van der Waals surface area (Å²) in [5.41, 5.74) is 1.85. The molecule has 0 fully saturated rings. The molecule has 0 spiro atoms. The van der Waals surface area contributed by atoms with Crippen molar-refractivity contribution < 1.29 is 13.9 Å². The second-order valence-corrected chi connectivity index (χ2v) is 6.32. The van der Waals surface area contributed by atoms with Crippen molar-refractivity contribution in [2.24, 2.45) is 0 Å². The van der Waals surface area contributed by atoms with Crippen molar-refractivity contribution >= 4 is 17.5 Å². The zero-order valence-corrected chi connectivity index (χ0v) is 14.1. The topological polar surface area (TPSA) is 39.4 Å². The van der Waals surface area contributed by atoms with Gasteiger partial charge in [-0.25, -0.2) is 0 Å². The molecular formula is C18H22O3S. The number of hydrogen-bond acceptors (Lipinski definition) is 4. The van der Waals surface area contributed by atoms with Crippen LogP contribution in [0.25, 0.3) is 0 Å². The van der Waals surface area contributed by atoms with Gasteiger partial charge in [0.05, 0.1) is 24.4 Å². The van der Waals surface area contributed by atoms with Crippen molar-refractivity contribution in [1.82, 2.24) is 0 Å². The summed E-state index contributed by atoms with van der Waals surface area (Å²) in [6.45, 7) is 6.78. The lowest BCUT2D eigenvalue weighted by atomic mass is 9.95. The van der Waals surface area contributed by atoms with E-state index in [9.17, 15) is 4.79 Å². The Morgan fingerprint density at radius 2 is 2.14 bits per heavy atom. The summed E-state index contributed by atoms with van der Waals surface area (Å²) < 4.78 is 10.8. The monoisotopic (exact) mass is 318 g/mol. The van der Waals surface area contributed by atoms with Gasteiger partial charge in [-0.05, 0) is 48.7 Å². The lowest BCUT2D eigenvalue weighted by Gasteiger charge is -2.14. The van der Waals surface area contributed by atoms with E-state index in [0.29, 0.717) is 18.1 Å². The number of hydrogen-bond donors (Lipinski definition) is 0. The van der Waals surface area contributed by atoms with Crippen LogP contribution in [0.2, 0.25) is 0 Å². The van der Waals surface area contributed by atoms with Crippen molar-refractivity contribution in [3.63, 3.8) is 0 Å². The van der Waals surface area contributed by atoms with Gasteiger partial charge in [0.15, 0.2) is 5.78 Å². The summed E-state index contributed by atoms with van der Waals surface area (Å²) in [5, 5.41) is 0. The standard InChI is InChI=1S/C18H22O3S/c1-4-20-14-7-8-16(17(10-14)13(2)3)18(19)12-22-11-15-6-5-9-21-15/h5-10,13H,4,11-12H2,1-3H3. The normalized spacial score (nSPS) is 10.9. The van der Waals surface area contributed by atoms with Gasteiger partial charge in [0.1, 0.15) is 11.5 Å². The molecular weight excluding hydrogens is 296 g/mol. The number of thioether (sulfide) groups is 1. The number of benzene rings is 1. The van der Waals surface area contributed by atoms with Gasteiger partial charge in [-0.2, -0.15) is 0 Å². The molecule has 0 aliphatic heterocycles. The highest BCUT2D eigenvalue weighted by Crippen LogP contribution is 2.26. The van der Waals surface area contributed by atoms with Crippen LogP contribution < -0.4 is 4.74 Å². The number of rotatable bonds is 8. The van der Waals surface area contributed by atoms with Gasteiger partial charge in [-0.1, -0.05) is 13.8 Å². The van der Waals surface area contributed by atoms with Crippen LogP contribution in [0.3, 0.4) is 0 Å². The van der Waals surface area contributed by atoms with Gasteiger partial charge in [0.25, 0.3) is 0 Å². The van der Waals surface area contributed by atoms with Crippen molar-refractivity contribution in [3.8, 4) is 5.75 Å². The Morgan fingerprint density at radius 3 is 2.77 bits per heavy atom. The molecule has 0 bridgehead atoms. The molecule has 118 valence electrons. The Bertz CT molecular complexity index is 603. The van der Waals surface area contributed by atoms with Crippen LogP contribution in [0.5, 0.6) is 5.75 Å². The molecule has 0 unspecified atom stereocenters. The molecule has 2 aromatic rings. The Kier molecular flexibility index (Phi) is 6.13. The van der Waals surface area contributed by atoms with E-state index in [4.69, 9.17) is 9.15 Å². The predicted octanol–water partition coefficient (Wildman–Crippen LogP) is 4.92. The summed E-state index contributed by atoms with van der Waals surface area (Å²) in [5.74, 6) is 3.33. The number of furan rings is 1. The third kappa shape index (κ3) is 4.41. The summed E-state index contributed by atoms with van der Waals surface area (Å²) in [6, 6.07) is 9.53. The number of carbonyl (C=O) groups is 1. The summed E-state index contributed by atoms with van der Waals surface area (Å²) in [7, 11) is 0. The van der Waals surface area contributed by atoms with Crippen LogP contribution in [0.1, 0.15) is 48.4 Å². The SMILES string of the molecule is CCOc1ccc(C(=O)CSCc2ccco2)c(C(C)C)c1. The average molecular weight is 318 g/mol. The van der Waals surface area contributed by atoms with Crippen LogP contribution in [0.4, 0.5) is 0 Å². The number of Topliss-reactive ketones (excluding diaryl/α,β-unsaturated/α-hetero) is 1. The molecule has 1 aromatic heterocycles. The summed E-state index contributed by atoms with van der Waals surface area (Å²) in [6.07, 6.45) is 1.65. The number of ketones is 1. The lowest BCUT2D eigenvalue weighted by Crippen LogP contribution is -2.08. The Balaban J connectivity index is 2.04. The van der Waals surface area contributed by atoms with E-state index in [-0.39, 0.29) is 11.7 Å². The third-order valence-corrected chi connectivity index (χ3v) is 4.27. The maximum atomic E-state index is 12.5. The Labute approximate surface area is 136 Å². The van der Waals surface area contributed by atoms with E-state index in [1.165, 1.54) is 0 Å². The molecule has 0 amide bonds. The second kappa shape index (κ2) is 8.08. The molecule has 4 heteroatoms. The maximum Gasteiger partial charge on any atom is 0.173 e. The minimum absolute atomic E-state index is 0.156. The molecule has 0 saturated carbocycles. The van der Waals surface area contributed by atoms with Gasteiger partial charge >= 0.3 is 0 Å². The largest absolute Gasteiger partial charge is 0.494 e. The van der Waals surface area contributed by atoms with Gasteiger partial charge in [-0.3, -0.25) is 4.79 Å². The fourth-order valence-electron chi connectivity index (χ4n) is 2.25. The molecule has 0 radical (unpaired) electrons. The first-order valence-electron chi connectivity index (χ1n) is 7.52. The van der Waals surface area contributed by atoms with E-state index in [2.05, 4.69) is 13.8 Å². The van der Waals surface area contributed by atoms with E-state index in [1.54, 1.807) is 18.0 Å². The zero-order valence-electron chi connectivity index (χ0n) is 13.3. The van der Waals surface area contributed by atoms with Crippen LogP contribution in [-0.4, -0.2) is 18.1 Å². The van der Waals surface area contributed by atoms with E-state index in [0.717, 1.165) is 22.6 Å². The van der Waals surface area contributed by atoms with Crippen molar-refractivity contribution in [2.45, 2.75) is 32.4 Å². The molecule has 0 saturated heterocycles. The minimum atomic E-state index is 0.156. The molecule has 1 heterocycles. The molecule has 3 nitrogen and oxygen atoms in total. The number of carbonyl (C=O) groups excluding carboxylic acids is 1. The van der Waals surface area contributed by atoms with Crippen molar-refractivity contribution in [3.05, 3.63) is 53.5 Å². The predicted molar refractivity (Wildman–Crippen MR) is 90.9 cm³/mol.